The van der Waals surface area contributed by atoms with Crippen LogP contribution in [0.3, 0.4) is 0 Å². The largest absolute Gasteiger partial charge is 0.493 e. The molecule has 0 aromatic heterocycles. The Morgan fingerprint density at radius 2 is 1.84 bits per heavy atom. The Balaban J connectivity index is 2.40. The van der Waals surface area contributed by atoms with E-state index in [1.54, 1.807) is 7.11 Å². The molecule has 0 aliphatic heterocycles. The molecule has 0 radical (unpaired) electrons. The molecule has 1 aliphatic rings. The maximum absolute atomic E-state index is 12.3. The van der Waals surface area contributed by atoms with Gasteiger partial charge in [0.05, 0.1) is 13.2 Å². The highest BCUT2D eigenvalue weighted by Crippen LogP contribution is 2.39. The average Bonchev–Trinajstić information content (AvgIpc) is 2.64. The van der Waals surface area contributed by atoms with Crippen LogP contribution in [0.15, 0.2) is 12.1 Å². The van der Waals surface area contributed by atoms with E-state index in [0.717, 1.165) is 23.3 Å². The van der Waals surface area contributed by atoms with Crippen LogP contribution in [-0.4, -0.2) is 19.0 Å². The Kier molecular flexibility index (Phi) is 3.83. The van der Waals surface area contributed by atoms with Gasteiger partial charge >= 0.3 is 0 Å². The van der Waals surface area contributed by atoms with Crippen LogP contribution in [0.1, 0.15) is 43.6 Å². The third-order valence-corrected chi connectivity index (χ3v) is 3.60. The Hall–Kier alpha value is -1.51. The molecule has 1 aromatic carbocycles. The molecule has 0 heterocycles. The molecule has 19 heavy (non-hydrogen) atoms. The number of hydrogen-bond acceptors (Lipinski definition) is 3. The van der Waals surface area contributed by atoms with E-state index < -0.39 is 0 Å². The molecule has 2 rings (SSSR count). The monoisotopic (exact) mass is 262 g/mol. The standard InChI is InChI=1S/C16H22O3/c1-9(2)12-6-11-7-15(19-10(3)4)14(18-5)8-13(11)16(12)17/h7-10,12H,6H2,1-5H3. The SMILES string of the molecule is COc1cc2c(cc1OC(C)C)CC(C(C)C)C2=O. The number of methoxy groups -OCH3 is 1. The summed E-state index contributed by atoms with van der Waals surface area (Å²) < 4.78 is 11.1. The Morgan fingerprint density at radius 1 is 1.16 bits per heavy atom. The van der Waals surface area contributed by atoms with E-state index in [4.69, 9.17) is 9.47 Å². The fourth-order valence-corrected chi connectivity index (χ4v) is 2.57. The third kappa shape index (κ3) is 2.60. The van der Waals surface area contributed by atoms with Crippen molar-refractivity contribution in [1.82, 2.24) is 0 Å². The Morgan fingerprint density at radius 3 is 2.37 bits per heavy atom. The first-order valence-corrected chi connectivity index (χ1v) is 6.85. The van der Waals surface area contributed by atoms with E-state index in [1.807, 2.05) is 26.0 Å². The second-order valence-electron chi connectivity index (χ2n) is 5.75. The maximum atomic E-state index is 12.3. The van der Waals surface area contributed by atoms with E-state index >= 15 is 0 Å². The molecule has 1 aromatic rings. The summed E-state index contributed by atoms with van der Waals surface area (Å²) in [6.07, 6.45) is 0.898. The minimum atomic E-state index is 0.0879. The molecular formula is C16H22O3. The first kappa shape index (κ1) is 13.9. The third-order valence-electron chi connectivity index (χ3n) is 3.60. The number of carbonyl (C=O) groups excluding carboxylic acids is 1. The molecular weight excluding hydrogens is 240 g/mol. The molecule has 3 heteroatoms. The fourth-order valence-electron chi connectivity index (χ4n) is 2.57. The molecule has 3 nitrogen and oxygen atoms in total. The van der Waals surface area contributed by atoms with E-state index in [9.17, 15) is 4.79 Å². The molecule has 0 N–H and O–H groups in total. The van der Waals surface area contributed by atoms with Gasteiger partial charge in [-0.15, -0.1) is 0 Å². The van der Waals surface area contributed by atoms with Crippen molar-refractivity contribution in [2.45, 2.75) is 40.2 Å². The summed E-state index contributed by atoms with van der Waals surface area (Å²) >= 11 is 0. The number of hydrogen-bond donors (Lipinski definition) is 0. The maximum Gasteiger partial charge on any atom is 0.166 e. The van der Waals surface area contributed by atoms with Crippen LogP contribution in [0, 0.1) is 11.8 Å². The lowest BCUT2D eigenvalue weighted by Gasteiger charge is -2.14. The average molecular weight is 262 g/mol. The Labute approximate surface area is 114 Å². The molecule has 0 spiro atoms. The van der Waals surface area contributed by atoms with Crippen LogP contribution in [0.25, 0.3) is 0 Å². The van der Waals surface area contributed by atoms with Gasteiger partial charge in [-0.05, 0) is 43.9 Å². The van der Waals surface area contributed by atoms with Crippen molar-refractivity contribution in [1.29, 1.82) is 0 Å². The topological polar surface area (TPSA) is 35.5 Å². The number of Topliss-reactive ketones (excluding diaryl/α,β-unsaturated/α-hetero) is 1. The van der Waals surface area contributed by atoms with Gasteiger partial charge in [0.15, 0.2) is 17.3 Å². The zero-order valence-corrected chi connectivity index (χ0v) is 12.3. The summed E-state index contributed by atoms with van der Waals surface area (Å²) in [6.45, 7) is 8.15. The summed E-state index contributed by atoms with van der Waals surface area (Å²) in [5.74, 6) is 2.06. The lowest BCUT2D eigenvalue weighted by Crippen LogP contribution is -2.15. The molecule has 0 amide bonds. The van der Waals surface area contributed by atoms with E-state index in [0.29, 0.717) is 11.7 Å². The molecule has 1 aliphatic carbocycles. The highest BCUT2D eigenvalue weighted by Gasteiger charge is 2.33. The van der Waals surface area contributed by atoms with Crippen molar-refractivity contribution in [2.75, 3.05) is 7.11 Å². The molecule has 104 valence electrons. The van der Waals surface area contributed by atoms with Crippen LogP contribution in [0.4, 0.5) is 0 Å². The van der Waals surface area contributed by atoms with Crippen molar-refractivity contribution < 1.29 is 14.3 Å². The van der Waals surface area contributed by atoms with Gasteiger partial charge in [-0.25, -0.2) is 0 Å². The van der Waals surface area contributed by atoms with Gasteiger partial charge in [-0.3, -0.25) is 4.79 Å². The summed E-state index contributed by atoms with van der Waals surface area (Å²) in [5.41, 5.74) is 1.88. The molecule has 0 saturated heterocycles. The minimum Gasteiger partial charge on any atom is -0.493 e. The van der Waals surface area contributed by atoms with Crippen molar-refractivity contribution in [3.63, 3.8) is 0 Å². The normalized spacial score (nSPS) is 18.1. The number of carbonyl (C=O) groups is 1. The molecule has 0 saturated carbocycles. The summed E-state index contributed by atoms with van der Waals surface area (Å²) in [6, 6.07) is 3.80. The zero-order valence-electron chi connectivity index (χ0n) is 12.3. The van der Waals surface area contributed by atoms with Crippen molar-refractivity contribution >= 4 is 5.78 Å². The van der Waals surface area contributed by atoms with Crippen LogP contribution < -0.4 is 9.47 Å². The van der Waals surface area contributed by atoms with Crippen molar-refractivity contribution in [3.8, 4) is 11.5 Å². The fraction of sp³-hybridized carbons (Fsp3) is 0.562. The first-order chi connectivity index (χ1) is 8.93. The molecule has 1 unspecified atom stereocenters. The predicted octanol–water partition coefficient (Wildman–Crippen LogP) is 3.49. The van der Waals surface area contributed by atoms with Gasteiger partial charge < -0.3 is 9.47 Å². The predicted molar refractivity (Wildman–Crippen MR) is 75.1 cm³/mol. The van der Waals surface area contributed by atoms with Crippen LogP contribution in [0.2, 0.25) is 0 Å². The molecule has 0 bridgehead atoms. The quantitative estimate of drug-likeness (QED) is 0.833. The van der Waals surface area contributed by atoms with Gasteiger partial charge in [-0.2, -0.15) is 0 Å². The number of ketones is 1. The van der Waals surface area contributed by atoms with Gasteiger partial charge in [0, 0.05) is 11.5 Å². The first-order valence-electron chi connectivity index (χ1n) is 6.85. The van der Waals surface area contributed by atoms with Gasteiger partial charge in [0.25, 0.3) is 0 Å². The van der Waals surface area contributed by atoms with E-state index in [-0.39, 0.29) is 17.8 Å². The number of fused-ring (bicyclic) bond motifs is 1. The zero-order chi connectivity index (χ0) is 14.2. The van der Waals surface area contributed by atoms with Gasteiger partial charge in [0.1, 0.15) is 0 Å². The number of rotatable bonds is 4. The summed E-state index contributed by atoms with van der Waals surface area (Å²) in [7, 11) is 1.61. The summed E-state index contributed by atoms with van der Waals surface area (Å²) in [4.78, 5) is 12.3. The number of ether oxygens (including phenoxy) is 2. The minimum absolute atomic E-state index is 0.0879. The Bertz CT molecular complexity index is 489. The highest BCUT2D eigenvalue weighted by molar-refractivity contribution is 6.03. The van der Waals surface area contributed by atoms with Crippen LogP contribution >= 0.6 is 0 Å². The van der Waals surface area contributed by atoms with E-state index in [2.05, 4.69) is 13.8 Å². The highest BCUT2D eigenvalue weighted by atomic mass is 16.5. The lowest BCUT2D eigenvalue weighted by molar-refractivity contribution is 0.0906. The molecule has 0 fully saturated rings. The number of benzene rings is 1. The van der Waals surface area contributed by atoms with Crippen molar-refractivity contribution in [3.05, 3.63) is 23.3 Å². The lowest BCUT2D eigenvalue weighted by atomic mass is 9.92. The molecule has 1 atom stereocenters. The smallest absolute Gasteiger partial charge is 0.166 e. The van der Waals surface area contributed by atoms with E-state index in [1.165, 1.54) is 0 Å². The van der Waals surface area contributed by atoms with Gasteiger partial charge in [-0.1, -0.05) is 13.8 Å². The second kappa shape index (κ2) is 5.24. The van der Waals surface area contributed by atoms with Crippen LogP contribution in [-0.2, 0) is 6.42 Å². The second-order valence-corrected chi connectivity index (χ2v) is 5.75. The van der Waals surface area contributed by atoms with Gasteiger partial charge in [0.2, 0.25) is 0 Å². The van der Waals surface area contributed by atoms with Crippen LogP contribution in [0.5, 0.6) is 11.5 Å². The summed E-state index contributed by atoms with van der Waals surface area (Å²) in [5, 5.41) is 0. The van der Waals surface area contributed by atoms with Crippen molar-refractivity contribution in [2.24, 2.45) is 11.8 Å².